The Labute approximate surface area is 217 Å². The molecule has 1 aromatic carbocycles. The van der Waals surface area contributed by atoms with Gasteiger partial charge in [0.1, 0.15) is 28.8 Å². The van der Waals surface area contributed by atoms with Crippen molar-refractivity contribution < 1.29 is 23.4 Å². The van der Waals surface area contributed by atoms with Crippen LogP contribution in [-0.2, 0) is 14.0 Å². The Morgan fingerprint density at radius 3 is 2.34 bits per heavy atom. The second-order valence-electron chi connectivity index (χ2n) is 10.7. The number of hydrogen-bond donors (Lipinski definition) is 0. The first-order valence-electron chi connectivity index (χ1n) is 12.8. The number of esters is 1. The molecule has 1 aliphatic heterocycles. The monoisotopic (exact) mass is 523 g/mol. The van der Waals surface area contributed by atoms with Gasteiger partial charge in [0, 0.05) is 5.75 Å². The van der Waals surface area contributed by atoms with Crippen molar-refractivity contribution in [2.24, 2.45) is 4.99 Å². The van der Waals surface area contributed by atoms with Crippen molar-refractivity contribution in [3.05, 3.63) is 24.3 Å². The fourth-order valence-electron chi connectivity index (χ4n) is 3.43. The highest BCUT2D eigenvalue weighted by molar-refractivity contribution is 8.14. The molecule has 0 fully saturated rings. The Bertz CT molecular complexity index is 822. The lowest BCUT2D eigenvalue weighted by atomic mass is 10.2. The number of carbonyl (C=O) groups is 1. The van der Waals surface area contributed by atoms with Gasteiger partial charge in [-0.1, -0.05) is 53.4 Å². The van der Waals surface area contributed by atoms with Gasteiger partial charge in [-0.15, -0.1) is 11.8 Å². The third kappa shape index (κ3) is 9.14. The lowest BCUT2D eigenvalue weighted by molar-refractivity contribution is -0.141. The molecule has 8 heteroatoms. The van der Waals surface area contributed by atoms with Crippen LogP contribution in [0.1, 0.15) is 66.7 Å². The summed E-state index contributed by atoms with van der Waals surface area (Å²) in [6.45, 7) is 16.1. The number of hydrogen-bond acceptors (Lipinski definition) is 7. The molecule has 0 spiro atoms. The van der Waals surface area contributed by atoms with E-state index in [1.54, 1.807) is 11.8 Å². The Balaban J connectivity index is 2.07. The first kappa shape index (κ1) is 29.7. The summed E-state index contributed by atoms with van der Waals surface area (Å²) in [7, 11) is -0.721. The normalized spacial score (nSPS) is 18.1. The molecule has 2 rings (SSSR count). The number of benzene rings is 1. The van der Waals surface area contributed by atoms with E-state index in [1.165, 1.54) is 32.8 Å². The average Bonchev–Trinajstić information content (AvgIpc) is 3.29. The van der Waals surface area contributed by atoms with Crippen molar-refractivity contribution in [3.63, 3.8) is 0 Å². The van der Waals surface area contributed by atoms with Crippen molar-refractivity contribution in [2.45, 2.75) is 103 Å². The molecule has 0 saturated heterocycles. The molecule has 3 unspecified atom stereocenters. The average molecular weight is 524 g/mol. The molecule has 0 aliphatic carbocycles. The molecular weight excluding hydrogens is 478 g/mol. The van der Waals surface area contributed by atoms with Crippen LogP contribution in [0, 0.1) is 0 Å². The molecule has 35 heavy (non-hydrogen) atoms. The van der Waals surface area contributed by atoms with E-state index in [-0.39, 0.29) is 23.2 Å². The number of rotatable bonds is 14. The van der Waals surface area contributed by atoms with E-state index in [9.17, 15) is 4.79 Å². The first-order chi connectivity index (χ1) is 16.5. The molecule has 0 amide bonds. The quantitative estimate of drug-likeness (QED) is 0.150. The number of thioether (sulfide) groups is 1. The van der Waals surface area contributed by atoms with Gasteiger partial charge in [-0.25, -0.2) is 4.79 Å². The van der Waals surface area contributed by atoms with E-state index in [0.717, 1.165) is 29.6 Å². The summed E-state index contributed by atoms with van der Waals surface area (Å²) in [5.74, 6) is 1.86. The number of carbonyl (C=O) groups excluding carboxylic acids is 1. The third-order valence-electron chi connectivity index (χ3n) is 6.71. The van der Waals surface area contributed by atoms with E-state index >= 15 is 0 Å². The summed E-state index contributed by atoms with van der Waals surface area (Å²) in [4.78, 5) is 16.7. The lowest BCUT2D eigenvalue weighted by Gasteiger charge is -2.40. The van der Waals surface area contributed by atoms with Crippen molar-refractivity contribution in [3.8, 4) is 11.5 Å². The Kier molecular flexibility index (Phi) is 11.6. The number of aliphatic imine (C=N–C) groups is 1. The van der Waals surface area contributed by atoms with Gasteiger partial charge in [0.15, 0.2) is 14.4 Å². The van der Waals surface area contributed by atoms with Crippen LogP contribution in [0.15, 0.2) is 29.3 Å². The van der Waals surface area contributed by atoms with Crippen LogP contribution in [0.5, 0.6) is 11.5 Å². The Morgan fingerprint density at radius 1 is 1.11 bits per heavy atom. The summed E-state index contributed by atoms with van der Waals surface area (Å²) in [6.07, 6.45) is 5.47. The maximum Gasteiger partial charge on any atom is 0.331 e. The van der Waals surface area contributed by atoms with Gasteiger partial charge in [-0.2, -0.15) is 0 Å². The summed E-state index contributed by atoms with van der Waals surface area (Å²) in [6, 6.07) is 7.29. The van der Waals surface area contributed by atoms with Gasteiger partial charge in [0.05, 0.1) is 13.7 Å². The zero-order valence-corrected chi connectivity index (χ0v) is 24.7. The molecule has 1 aliphatic rings. The number of methoxy groups -OCH3 is 1. The van der Waals surface area contributed by atoms with Crippen LogP contribution >= 0.6 is 11.8 Å². The molecule has 0 saturated carbocycles. The molecular formula is C27H45NO5SSi. The molecule has 6 nitrogen and oxygen atoms in total. The van der Waals surface area contributed by atoms with Gasteiger partial charge in [0.2, 0.25) is 0 Å². The molecule has 0 radical (unpaired) electrons. The highest BCUT2D eigenvalue weighted by Gasteiger charge is 2.43. The zero-order chi connectivity index (χ0) is 26.1. The van der Waals surface area contributed by atoms with Crippen molar-refractivity contribution in [1.82, 2.24) is 0 Å². The van der Waals surface area contributed by atoms with E-state index in [1.807, 2.05) is 31.2 Å². The van der Waals surface area contributed by atoms with Gasteiger partial charge in [0.25, 0.3) is 0 Å². The summed E-state index contributed by atoms with van der Waals surface area (Å²) < 4.78 is 23.9. The van der Waals surface area contributed by atoms with E-state index in [0.29, 0.717) is 5.75 Å². The van der Waals surface area contributed by atoms with Gasteiger partial charge >= 0.3 is 5.97 Å². The van der Waals surface area contributed by atoms with Crippen molar-refractivity contribution in [2.75, 3.05) is 19.5 Å². The zero-order valence-electron chi connectivity index (χ0n) is 22.9. The SMILES string of the molecule is CCCCCCCOc1ccc(OC(C)C(O[Si](C)(C)C(C)(C)C)C2=NC(C(=O)OC)CS2)cc1. The fraction of sp³-hybridized carbons (Fsp3) is 0.704. The first-order valence-corrected chi connectivity index (χ1v) is 16.7. The lowest BCUT2D eigenvalue weighted by Crippen LogP contribution is -2.50. The van der Waals surface area contributed by atoms with Crippen LogP contribution in [0.4, 0.5) is 0 Å². The smallest absolute Gasteiger partial charge is 0.331 e. The van der Waals surface area contributed by atoms with E-state index < -0.39 is 14.4 Å². The fourth-order valence-corrected chi connectivity index (χ4v) is 5.95. The van der Waals surface area contributed by atoms with E-state index in [4.69, 9.17) is 18.6 Å². The van der Waals surface area contributed by atoms with Gasteiger partial charge < -0.3 is 18.6 Å². The van der Waals surface area contributed by atoms with Gasteiger partial charge in [-0.05, 0) is 55.7 Å². The standard InChI is InChI=1S/C27H45NO5SSi/c1-9-10-11-12-13-18-31-21-14-16-22(17-15-21)32-20(2)24(33-35(7,8)27(3,4)5)25-28-23(19-34-25)26(29)30-6/h14-17,20,23-24H,9-13,18-19H2,1-8H3. The van der Waals surface area contributed by atoms with Gasteiger partial charge in [-0.3, -0.25) is 4.99 Å². The molecule has 0 aromatic heterocycles. The number of unbranched alkanes of at least 4 members (excludes halogenated alkanes) is 4. The number of ether oxygens (including phenoxy) is 3. The molecule has 0 bridgehead atoms. The maximum absolute atomic E-state index is 12.0. The topological polar surface area (TPSA) is 66.3 Å². The van der Waals surface area contributed by atoms with Crippen LogP contribution in [0.2, 0.25) is 18.1 Å². The minimum absolute atomic E-state index is 0.0338. The van der Waals surface area contributed by atoms with Crippen molar-refractivity contribution >= 4 is 31.1 Å². The molecule has 0 N–H and O–H groups in total. The molecule has 1 aromatic rings. The highest BCUT2D eigenvalue weighted by Crippen LogP contribution is 2.39. The van der Waals surface area contributed by atoms with Crippen LogP contribution in [0.3, 0.4) is 0 Å². The summed E-state index contributed by atoms with van der Waals surface area (Å²) >= 11 is 1.56. The predicted octanol–water partition coefficient (Wildman–Crippen LogP) is 6.88. The second-order valence-corrected chi connectivity index (χ2v) is 16.5. The highest BCUT2D eigenvalue weighted by atomic mass is 32.2. The van der Waals surface area contributed by atoms with Crippen LogP contribution < -0.4 is 9.47 Å². The van der Waals surface area contributed by atoms with Crippen molar-refractivity contribution in [1.29, 1.82) is 0 Å². The number of nitrogens with zero attached hydrogens (tertiary/aromatic N) is 1. The third-order valence-corrected chi connectivity index (χ3v) is 12.3. The minimum Gasteiger partial charge on any atom is -0.494 e. The second kappa shape index (κ2) is 13.7. The molecule has 1 heterocycles. The van der Waals surface area contributed by atoms with Crippen LogP contribution in [-0.4, -0.2) is 57.0 Å². The molecule has 3 atom stereocenters. The Hall–Kier alpha value is -1.51. The maximum atomic E-state index is 12.0. The Morgan fingerprint density at radius 2 is 1.74 bits per heavy atom. The summed E-state index contributed by atoms with van der Waals surface area (Å²) in [5, 5.41) is 0.840. The van der Waals surface area contributed by atoms with Crippen LogP contribution in [0.25, 0.3) is 0 Å². The summed E-state index contributed by atoms with van der Waals surface area (Å²) in [5.41, 5.74) is 0. The minimum atomic E-state index is -2.12. The largest absolute Gasteiger partial charge is 0.494 e. The van der Waals surface area contributed by atoms with E-state index in [2.05, 4.69) is 45.8 Å². The molecule has 198 valence electrons. The predicted molar refractivity (Wildman–Crippen MR) is 149 cm³/mol.